The Morgan fingerprint density at radius 1 is 0.750 bits per heavy atom. The van der Waals surface area contributed by atoms with E-state index in [-0.39, 0.29) is 97.5 Å². The highest BCUT2D eigenvalue weighted by atomic mass is 32.1. The second-order valence-corrected chi connectivity index (χ2v) is 17.1. The van der Waals surface area contributed by atoms with E-state index in [1.807, 2.05) is 55.4 Å². The van der Waals surface area contributed by atoms with Crippen molar-refractivity contribution in [3.05, 3.63) is 82.5 Å². The van der Waals surface area contributed by atoms with Crippen LogP contribution in [0.3, 0.4) is 0 Å². The molecule has 6 aromatic rings. The first-order valence-electron chi connectivity index (χ1n) is 25.4. The average Bonchev–Trinajstić information content (AvgIpc) is 4.22. The molecule has 1 atom stereocenters. The summed E-state index contributed by atoms with van der Waals surface area (Å²) in [5.41, 5.74) is 15.0. The van der Waals surface area contributed by atoms with E-state index in [1.165, 1.54) is 36.3 Å². The highest BCUT2D eigenvalue weighted by molar-refractivity contribution is 7.81. The number of aryl methyl sites for hydroxylation is 4. The number of primary amides is 2. The Hall–Kier alpha value is -8.02. The molecule has 0 saturated carbocycles. The lowest BCUT2D eigenvalue weighted by Crippen LogP contribution is -2.36. The highest BCUT2D eigenvalue weighted by Gasteiger charge is 2.36. The number of hydrogen-bond acceptors (Lipinski definition) is 14. The van der Waals surface area contributed by atoms with Gasteiger partial charge in [0.05, 0.1) is 41.4 Å². The van der Waals surface area contributed by atoms with Gasteiger partial charge in [0.2, 0.25) is 41.4 Å². The molecular weight excluding hydrogens is 997 g/mol. The van der Waals surface area contributed by atoms with Crippen LogP contribution in [0.25, 0.3) is 22.1 Å². The van der Waals surface area contributed by atoms with E-state index in [2.05, 4.69) is 38.4 Å². The summed E-state index contributed by atoms with van der Waals surface area (Å²) < 4.78 is 18.5. The van der Waals surface area contributed by atoms with Crippen molar-refractivity contribution in [1.29, 1.82) is 0 Å². The monoisotopic (exact) mass is 1070 g/mol. The number of nitrogens with zero attached hydrogens (tertiary/aromatic N) is 10. The van der Waals surface area contributed by atoms with Crippen molar-refractivity contribution in [1.82, 2.24) is 48.5 Å². The Morgan fingerprint density at radius 3 is 1.63 bits per heavy atom. The standard InChI is InChI=1S/C46H54N14O9S.3C2H6/c1-7-59-31(18-25(3)53-59)42(65)51-45-49-29-20-27(40(47)63)22-33(68-6)38(29)57(45)14-9-10-15-58-39-30(50-46(58)52-43(66)32-19-26(4)54-60(32)8-2)21-28(41(48)64)23-34(39)69-17-11-13-55(5)36(61)12-16-56-37(62)24-35(70)44(56)67;3*1-2/h9-10,18-23,35,70H,7-8,11-17,24H2,1-6H3,(H2,47,63)(H2,48,64)(H,49,51,65)(H,50,52,66);3*1-2H3/b10-9+;;;. The SMILES string of the molecule is CC.CC.CC.CCn1nc(C)cc1C(=O)Nc1nc2cc(C(N)=O)cc(OC)c2n1C/C=C/Cn1c(NC(=O)c2cc(C)nn2CC)nc2cc(C(N)=O)cc(OCCCN(C)C(=O)CCN3C(=O)CC(S)C3=O)c21. The van der Waals surface area contributed by atoms with Gasteiger partial charge in [0, 0.05) is 70.3 Å². The fourth-order valence-electron chi connectivity index (χ4n) is 8.09. The number of imide groups is 1. The smallest absolute Gasteiger partial charge is 0.276 e. The van der Waals surface area contributed by atoms with Gasteiger partial charge in [-0.2, -0.15) is 22.8 Å². The second kappa shape index (κ2) is 28.0. The Labute approximate surface area is 447 Å². The third kappa shape index (κ3) is 14.0. The first kappa shape index (κ1) is 60.5. The molecule has 76 heavy (non-hydrogen) atoms. The number of imidazole rings is 2. The summed E-state index contributed by atoms with van der Waals surface area (Å²) in [6, 6.07) is 9.28. The predicted octanol–water partition coefficient (Wildman–Crippen LogP) is 6.16. The number of fused-ring (bicyclic) bond motifs is 2. The summed E-state index contributed by atoms with van der Waals surface area (Å²) in [7, 11) is 3.04. The predicted molar refractivity (Wildman–Crippen MR) is 294 cm³/mol. The minimum atomic E-state index is -0.748. The van der Waals surface area contributed by atoms with Crippen LogP contribution in [0.15, 0.2) is 48.6 Å². The van der Waals surface area contributed by atoms with E-state index in [4.69, 9.17) is 25.9 Å². The second-order valence-electron chi connectivity index (χ2n) is 16.4. The first-order chi connectivity index (χ1) is 36.4. The number of carbonyl (C=O) groups excluding carboxylic acids is 7. The molecule has 0 spiro atoms. The van der Waals surface area contributed by atoms with E-state index >= 15 is 0 Å². The van der Waals surface area contributed by atoms with Crippen LogP contribution in [0.2, 0.25) is 0 Å². The third-order valence-corrected chi connectivity index (χ3v) is 12.0. The van der Waals surface area contributed by atoms with Crippen LogP contribution in [-0.4, -0.2) is 129 Å². The zero-order chi connectivity index (χ0) is 56.6. The number of nitrogens with one attached hydrogen (secondary N) is 2. The van der Waals surface area contributed by atoms with Crippen LogP contribution in [-0.2, 0) is 40.6 Å². The Kier molecular flexibility index (Phi) is 22.3. The Bertz CT molecular complexity index is 3100. The van der Waals surface area contributed by atoms with Gasteiger partial charge in [-0.3, -0.25) is 58.5 Å². The molecule has 410 valence electrons. The van der Waals surface area contributed by atoms with Gasteiger partial charge >= 0.3 is 0 Å². The van der Waals surface area contributed by atoms with Crippen molar-refractivity contribution < 1.29 is 43.0 Å². The van der Waals surface area contributed by atoms with Gasteiger partial charge in [0.15, 0.2) is 0 Å². The normalized spacial score (nSPS) is 12.9. The number of thiol groups is 1. The number of nitrogens with two attached hydrogens (primary N) is 2. The Balaban J connectivity index is 0.00000201. The zero-order valence-corrected chi connectivity index (χ0v) is 46.4. The number of amides is 7. The van der Waals surface area contributed by atoms with Crippen LogP contribution in [0.1, 0.15) is 128 Å². The third-order valence-electron chi connectivity index (χ3n) is 11.6. The summed E-state index contributed by atoms with van der Waals surface area (Å²) in [4.78, 5) is 102. The summed E-state index contributed by atoms with van der Waals surface area (Å²) in [6.45, 7) is 20.6. The molecule has 23 nitrogen and oxygen atoms in total. The van der Waals surface area contributed by atoms with E-state index in [0.29, 0.717) is 58.8 Å². The van der Waals surface area contributed by atoms with Gasteiger partial charge < -0.3 is 35.0 Å². The van der Waals surface area contributed by atoms with Gasteiger partial charge in [0.1, 0.15) is 33.9 Å². The number of likely N-dealkylation sites (tertiary alicyclic amines) is 1. The summed E-state index contributed by atoms with van der Waals surface area (Å²) in [5, 5.41) is 13.9. The molecule has 0 radical (unpaired) electrons. The average molecular weight is 1070 g/mol. The molecule has 2 aromatic carbocycles. The molecule has 7 amide bonds. The number of methoxy groups -OCH3 is 1. The molecule has 1 aliphatic heterocycles. The van der Waals surface area contributed by atoms with Gasteiger partial charge in [0.25, 0.3) is 11.8 Å². The minimum Gasteiger partial charge on any atom is -0.494 e. The van der Waals surface area contributed by atoms with Crippen LogP contribution < -0.4 is 31.6 Å². The van der Waals surface area contributed by atoms with Gasteiger partial charge in [-0.25, -0.2) is 9.97 Å². The number of anilines is 2. The summed E-state index contributed by atoms with van der Waals surface area (Å²) in [5.74, 6) is -2.74. The molecule has 0 bridgehead atoms. The van der Waals surface area contributed by atoms with E-state index in [9.17, 15) is 33.6 Å². The number of aromatic nitrogens is 8. The molecule has 24 heteroatoms. The summed E-state index contributed by atoms with van der Waals surface area (Å²) >= 11 is 4.14. The zero-order valence-electron chi connectivity index (χ0n) is 45.5. The van der Waals surface area contributed by atoms with E-state index in [1.54, 1.807) is 63.7 Å². The van der Waals surface area contributed by atoms with Crippen LogP contribution in [0.5, 0.6) is 11.5 Å². The quantitative estimate of drug-likeness (QED) is 0.0234. The molecular formula is C52H72N14O9S. The van der Waals surface area contributed by atoms with Crippen LogP contribution in [0.4, 0.5) is 11.9 Å². The summed E-state index contributed by atoms with van der Waals surface area (Å²) in [6.07, 6.45) is 3.86. The fourth-order valence-corrected chi connectivity index (χ4v) is 8.39. The number of ether oxygens (including phenoxy) is 2. The lowest BCUT2D eigenvalue weighted by molar-refractivity contribution is -0.139. The van der Waals surface area contributed by atoms with E-state index in [0.717, 1.165) is 4.90 Å². The van der Waals surface area contributed by atoms with Crippen molar-refractivity contribution in [2.45, 2.75) is 120 Å². The van der Waals surface area contributed by atoms with Crippen molar-refractivity contribution in [2.24, 2.45) is 11.5 Å². The molecule has 1 saturated heterocycles. The fraction of sp³-hybridized carbons (Fsp3) is 0.442. The molecule has 0 aliphatic carbocycles. The maximum atomic E-state index is 13.9. The lowest BCUT2D eigenvalue weighted by Gasteiger charge is -2.20. The molecule has 4 aromatic heterocycles. The van der Waals surface area contributed by atoms with Crippen LogP contribution in [0, 0.1) is 13.8 Å². The van der Waals surface area contributed by atoms with Crippen LogP contribution >= 0.6 is 12.6 Å². The van der Waals surface area contributed by atoms with Gasteiger partial charge in [-0.05, 0) is 70.5 Å². The lowest BCUT2D eigenvalue weighted by atomic mass is 10.1. The maximum absolute atomic E-state index is 13.9. The van der Waals surface area contributed by atoms with Crippen molar-refractivity contribution in [3.8, 4) is 11.5 Å². The molecule has 7 rings (SSSR count). The number of rotatable bonds is 21. The minimum absolute atomic E-state index is 0.00368. The first-order valence-corrected chi connectivity index (χ1v) is 25.9. The highest BCUT2D eigenvalue weighted by Crippen LogP contribution is 2.33. The van der Waals surface area contributed by atoms with Gasteiger partial charge in [-0.1, -0.05) is 53.7 Å². The van der Waals surface area contributed by atoms with Crippen molar-refractivity contribution >= 4 is 87.9 Å². The van der Waals surface area contributed by atoms with E-state index < -0.39 is 34.8 Å². The Morgan fingerprint density at radius 2 is 1.21 bits per heavy atom. The molecule has 5 heterocycles. The maximum Gasteiger partial charge on any atom is 0.276 e. The topological polar surface area (TPSA) is 292 Å². The molecule has 1 unspecified atom stereocenters. The number of allylic oxidation sites excluding steroid dienone is 2. The molecule has 6 N–H and O–H groups in total. The van der Waals surface area contributed by atoms with Gasteiger partial charge in [-0.15, -0.1) is 0 Å². The largest absolute Gasteiger partial charge is 0.494 e. The van der Waals surface area contributed by atoms with Crippen molar-refractivity contribution in [2.75, 3.05) is 44.5 Å². The number of benzene rings is 2. The molecule has 1 fully saturated rings. The number of carbonyl (C=O) groups is 7. The molecule has 1 aliphatic rings. The van der Waals surface area contributed by atoms with Crippen molar-refractivity contribution in [3.63, 3.8) is 0 Å². The number of hydrogen-bond donors (Lipinski definition) is 5.